The van der Waals surface area contributed by atoms with Gasteiger partial charge in [-0.05, 0) is 24.1 Å². The second kappa shape index (κ2) is 4.22. The van der Waals surface area contributed by atoms with Gasteiger partial charge in [-0.1, -0.05) is 30.3 Å². The molecule has 0 radical (unpaired) electrons. The maximum absolute atomic E-state index is 13.3. The smallest absolute Gasteiger partial charge is 0.216 e. The molecular weight excluding hydrogens is 189 g/mol. The van der Waals surface area contributed by atoms with E-state index in [0.717, 1.165) is 11.1 Å². The summed E-state index contributed by atoms with van der Waals surface area (Å²) in [5.74, 6) is -0.371. The lowest BCUT2D eigenvalue weighted by Crippen LogP contribution is -1.96. The largest absolute Gasteiger partial charge is 0.228 e. The number of pyridine rings is 1. The number of benzene rings is 1. The molecule has 76 valence electrons. The molecule has 0 aliphatic carbocycles. The maximum Gasteiger partial charge on any atom is 0.216 e. The summed E-state index contributed by atoms with van der Waals surface area (Å²) in [5.41, 5.74) is 2.74. The van der Waals surface area contributed by atoms with E-state index < -0.39 is 0 Å². The highest BCUT2D eigenvalue weighted by atomic mass is 19.1. The zero-order valence-corrected chi connectivity index (χ0v) is 8.57. The summed E-state index contributed by atoms with van der Waals surface area (Å²) < 4.78 is 13.3. The summed E-state index contributed by atoms with van der Waals surface area (Å²) in [6.45, 7) is 1.92. The van der Waals surface area contributed by atoms with Gasteiger partial charge in [0.05, 0.1) is 0 Å². The van der Waals surface area contributed by atoms with E-state index in [1.165, 1.54) is 0 Å². The zero-order valence-electron chi connectivity index (χ0n) is 8.57. The summed E-state index contributed by atoms with van der Waals surface area (Å²) in [4.78, 5) is 3.71. The van der Waals surface area contributed by atoms with Crippen LogP contribution in [0.5, 0.6) is 0 Å². The van der Waals surface area contributed by atoms with Crippen LogP contribution in [0.3, 0.4) is 0 Å². The summed E-state index contributed by atoms with van der Waals surface area (Å²) in [5, 5.41) is 0. The fourth-order valence-electron chi connectivity index (χ4n) is 1.55. The van der Waals surface area contributed by atoms with Crippen LogP contribution in [-0.2, 0) is 6.42 Å². The fraction of sp³-hybridized carbons (Fsp3) is 0.154. The Hall–Kier alpha value is -1.70. The van der Waals surface area contributed by atoms with Crippen LogP contribution in [0.2, 0.25) is 0 Å². The van der Waals surface area contributed by atoms with E-state index in [2.05, 4.69) is 4.98 Å². The molecule has 0 saturated carbocycles. The minimum Gasteiger partial charge on any atom is -0.228 e. The maximum atomic E-state index is 13.3. The van der Waals surface area contributed by atoms with Gasteiger partial charge >= 0.3 is 0 Å². The van der Waals surface area contributed by atoms with Crippen LogP contribution < -0.4 is 0 Å². The van der Waals surface area contributed by atoms with Crippen molar-refractivity contribution in [2.75, 3.05) is 0 Å². The van der Waals surface area contributed by atoms with Crippen molar-refractivity contribution in [1.29, 1.82) is 0 Å². The van der Waals surface area contributed by atoms with E-state index in [9.17, 15) is 4.39 Å². The molecule has 0 spiro atoms. The Morgan fingerprint density at radius 3 is 2.67 bits per heavy atom. The van der Waals surface area contributed by atoms with Gasteiger partial charge in [0.15, 0.2) is 0 Å². The Morgan fingerprint density at radius 1 is 1.20 bits per heavy atom. The van der Waals surface area contributed by atoms with Gasteiger partial charge in [-0.15, -0.1) is 0 Å². The molecular formula is C13H12FN. The van der Waals surface area contributed by atoms with Crippen molar-refractivity contribution in [3.63, 3.8) is 0 Å². The molecule has 1 aromatic carbocycles. The molecule has 2 heteroatoms. The predicted octanol–water partition coefficient (Wildman–Crippen LogP) is 3.12. The van der Waals surface area contributed by atoms with Gasteiger partial charge in [-0.2, -0.15) is 4.39 Å². The normalized spacial score (nSPS) is 10.3. The van der Waals surface area contributed by atoms with E-state index in [-0.39, 0.29) is 5.95 Å². The number of halogens is 1. The second-order valence-electron chi connectivity index (χ2n) is 3.62. The van der Waals surface area contributed by atoms with E-state index in [4.69, 9.17) is 0 Å². The quantitative estimate of drug-likeness (QED) is 0.680. The number of rotatable bonds is 2. The first-order valence-corrected chi connectivity index (χ1v) is 4.90. The summed E-state index contributed by atoms with van der Waals surface area (Å²) in [6.07, 6.45) is 2.14. The summed E-state index contributed by atoms with van der Waals surface area (Å²) in [6, 6.07) is 11.7. The average Bonchev–Trinajstić information content (AvgIpc) is 2.25. The van der Waals surface area contributed by atoms with Gasteiger partial charge in [0.25, 0.3) is 0 Å². The van der Waals surface area contributed by atoms with Gasteiger partial charge in [-0.3, -0.25) is 0 Å². The molecule has 2 aromatic rings. The van der Waals surface area contributed by atoms with Crippen LogP contribution in [0.25, 0.3) is 0 Å². The predicted molar refractivity (Wildman–Crippen MR) is 58.2 cm³/mol. The molecule has 0 amide bonds. The number of hydrogen-bond donors (Lipinski definition) is 0. The molecule has 0 fully saturated rings. The Kier molecular flexibility index (Phi) is 2.77. The third kappa shape index (κ3) is 2.40. The number of aryl methyl sites for hydroxylation is 1. The first-order chi connectivity index (χ1) is 7.25. The van der Waals surface area contributed by atoms with Crippen LogP contribution in [-0.4, -0.2) is 4.98 Å². The van der Waals surface area contributed by atoms with Crippen LogP contribution in [0.4, 0.5) is 4.39 Å². The van der Waals surface area contributed by atoms with E-state index in [0.29, 0.717) is 12.0 Å². The lowest BCUT2D eigenvalue weighted by molar-refractivity contribution is 0.569. The molecule has 1 aromatic heterocycles. The minimum absolute atomic E-state index is 0.371. The van der Waals surface area contributed by atoms with Crippen molar-refractivity contribution in [3.05, 3.63) is 65.2 Å². The molecule has 0 atom stereocenters. The minimum atomic E-state index is -0.371. The monoisotopic (exact) mass is 201 g/mol. The highest BCUT2D eigenvalue weighted by molar-refractivity contribution is 5.26. The Balaban J connectivity index is 2.28. The topological polar surface area (TPSA) is 12.9 Å². The zero-order chi connectivity index (χ0) is 10.7. The molecule has 0 saturated heterocycles. The molecule has 15 heavy (non-hydrogen) atoms. The SMILES string of the molecule is Cc1cnc(F)c(Cc2ccccc2)c1. The van der Waals surface area contributed by atoms with Crippen LogP contribution in [0.15, 0.2) is 42.6 Å². The molecule has 0 bridgehead atoms. The second-order valence-corrected chi connectivity index (χ2v) is 3.62. The molecule has 0 aliphatic heterocycles. The highest BCUT2D eigenvalue weighted by Gasteiger charge is 2.04. The fourth-order valence-corrected chi connectivity index (χ4v) is 1.55. The lowest BCUT2D eigenvalue weighted by Gasteiger charge is -2.03. The Labute approximate surface area is 88.6 Å². The highest BCUT2D eigenvalue weighted by Crippen LogP contribution is 2.12. The lowest BCUT2D eigenvalue weighted by atomic mass is 10.1. The van der Waals surface area contributed by atoms with Crippen molar-refractivity contribution in [2.24, 2.45) is 0 Å². The van der Waals surface area contributed by atoms with E-state index in [1.807, 2.05) is 43.3 Å². The average molecular weight is 201 g/mol. The summed E-state index contributed by atoms with van der Waals surface area (Å²) in [7, 11) is 0. The first kappa shape index (κ1) is 9.84. The number of hydrogen-bond acceptors (Lipinski definition) is 1. The van der Waals surface area contributed by atoms with Gasteiger partial charge < -0.3 is 0 Å². The van der Waals surface area contributed by atoms with Gasteiger partial charge in [-0.25, -0.2) is 4.98 Å². The molecule has 0 N–H and O–H groups in total. The molecule has 0 aliphatic rings. The van der Waals surface area contributed by atoms with Crippen LogP contribution >= 0.6 is 0 Å². The molecule has 2 rings (SSSR count). The third-order valence-corrected chi connectivity index (χ3v) is 2.29. The molecule has 1 nitrogen and oxygen atoms in total. The molecule has 1 heterocycles. The van der Waals surface area contributed by atoms with Gasteiger partial charge in [0, 0.05) is 18.2 Å². The Morgan fingerprint density at radius 2 is 1.93 bits per heavy atom. The van der Waals surface area contributed by atoms with Crippen molar-refractivity contribution >= 4 is 0 Å². The van der Waals surface area contributed by atoms with Crippen molar-refractivity contribution in [2.45, 2.75) is 13.3 Å². The van der Waals surface area contributed by atoms with Crippen LogP contribution in [0.1, 0.15) is 16.7 Å². The molecule has 0 unspecified atom stereocenters. The van der Waals surface area contributed by atoms with Gasteiger partial charge in [0.2, 0.25) is 5.95 Å². The standard InChI is InChI=1S/C13H12FN/c1-10-7-12(13(14)15-9-10)8-11-5-3-2-4-6-11/h2-7,9H,8H2,1H3. The van der Waals surface area contributed by atoms with E-state index in [1.54, 1.807) is 6.20 Å². The first-order valence-electron chi connectivity index (χ1n) is 4.90. The Bertz CT molecular complexity index is 451. The third-order valence-electron chi connectivity index (χ3n) is 2.29. The van der Waals surface area contributed by atoms with E-state index >= 15 is 0 Å². The number of nitrogens with zero attached hydrogens (tertiary/aromatic N) is 1. The van der Waals surface area contributed by atoms with Crippen molar-refractivity contribution in [3.8, 4) is 0 Å². The van der Waals surface area contributed by atoms with Crippen molar-refractivity contribution in [1.82, 2.24) is 4.98 Å². The number of aromatic nitrogens is 1. The van der Waals surface area contributed by atoms with Crippen LogP contribution in [0, 0.1) is 12.9 Å². The van der Waals surface area contributed by atoms with Crippen molar-refractivity contribution < 1.29 is 4.39 Å². The summed E-state index contributed by atoms with van der Waals surface area (Å²) >= 11 is 0. The van der Waals surface area contributed by atoms with Gasteiger partial charge in [0.1, 0.15) is 0 Å².